The lowest BCUT2D eigenvalue weighted by atomic mass is 10.1. The van der Waals surface area contributed by atoms with Gasteiger partial charge in [-0.2, -0.15) is 13.2 Å². The zero-order chi connectivity index (χ0) is 21.7. The van der Waals surface area contributed by atoms with Crippen molar-refractivity contribution >= 4 is 17.5 Å². The number of alkyl halides is 3. The summed E-state index contributed by atoms with van der Waals surface area (Å²) in [4.78, 5) is 14.6. The van der Waals surface area contributed by atoms with Crippen LogP contribution in [0.1, 0.15) is 30.0 Å². The van der Waals surface area contributed by atoms with E-state index in [1.165, 1.54) is 12.1 Å². The molecule has 8 heteroatoms. The van der Waals surface area contributed by atoms with Crippen LogP contribution in [0.25, 0.3) is 0 Å². The Morgan fingerprint density at radius 2 is 1.97 bits per heavy atom. The number of nitrogens with one attached hydrogen (secondary N) is 2. The van der Waals surface area contributed by atoms with Crippen molar-refractivity contribution in [3.8, 4) is 0 Å². The molecule has 1 fully saturated rings. The average Bonchev–Trinajstić information content (AvgIpc) is 3.09. The second-order valence-corrected chi connectivity index (χ2v) is 7.87. The van der Waals surface area contributed by atoms with Crippen molar-refractivity contribution in [3.63, 3.8) is 0 Å². The van der Waals surface area contributed by atoms with Crippen molar-refractivity contribution in [1.29, 1.82) is 0 Å². The summed E-state index contributed by atoms with van der Waals surface area (Å²) in [7, 11) is 0. The highest BCUT2D eigenvalue weighted by Gasteiger charge is 2.37. The number of rotatable bonds is 7. The van der Waals surface area contributed by atoms with Crippen molar-refractivity contribution in [2.75, 3.05) is 13.1 Å². The average molecular weight is 440 g/mol. The summed E-state index contributed by atoms with van der Waals surface area (Å²) in [5, 5.41) is 6.70. The molecule has 1 saturated heterocycles. The standard InChI is InChI=1S/C22H25ClF3N3O/c1-2-27-21(30)20-11-18(14-29(20)13-15-6-5-8-17(23)10-15)28-12-16-7-3-4-9-19(16)22(24,25)26/h3-10,18,20,28H,2,11-14H2,1H3,(H,27,30)/t18-,20-/m0/s1. The molecule has 0 bridgehead atoms. The lowest BCUT2D eigenvalue weighted by Gasteiger charge is -2.23. The van der Waals surface area contributed by atoms with Crippen LogP contribution in [0.4, 0.5) is 13.2 Å². The van der Waals surface area contributed by atoms with E-state index in [0.717, 1.165) is 11.6 Å². The zero-order valence-corrected chi connectivity index (χ0v) is 17.4. The number of hydrogen-bond acceptors (Lipinski definition) is 3. The van der Waals surface area contributed by atoms with Crippen molar-refractivity contribution in [2.24, 2.45) is 0 Å². The zero-order valence-electron chi connectivity index (χ0n) is 16.7. The largest absolute Gasteiger partial charge is 0.416 e. The molecule has 0 radical (unpaired) electrons. The van der Waals surface area contributed by atoms with Gasteiger partial charge >= 0.3 is 6.18 Å². The summed E-state index contributed by atoms with van der Waals surface area (Å²) in [6.07, 6.45) is -3.86. The van der Waals surface area contributed by atoms with Crippen molar-refractivity contribution in [1.82, 2.24) is 15.5 Å². The third kappa shape index (κ3) is 5.74. The fraction of sp³-hybridized carbons (Fsp3) is 0.409. The Labute approximate surface area is 179 Å². The van der Waals surface area contributed by atoms with Gasteiger partial charge in [0.15, 0.2) is 0 Å². The number of carbonyl (C=O) groups excluding carboxylic acids is 1. The summed E-state index contributed by atoms with van der Waals surface area (Å²) < 4.78 is 39.7. The molecule has 30 heavy (non-hydrogen) atoms. The first-order valence-electron chi connectivity index (χ1n) is 9.92. The molecule has 2 atom stereocenters. The number of likely N-dealkylation sites (N-methyl/N-ethyl adjacent to an activating group) is 1. The Morgan fingerprint density at radius 1 is 1.20 bits per heavy atom. The van der Waals surface area contributed by atoms with Crippen LogP contribution in [0.3, 0.4) is 0 Å². The second-order valence-electron chi connectivity index (χ2n) is 7.44. The third-order valence-corrected chi connectivity index (χ3v) is 5.47. The van der Waals surface area contributed by atoms with E-state index in [9.17, 15) is 18.0 Å². The minimum atomic E-state index is -4.39. The highest BCUT2D eigenvalue weighted by Crippen LogP contribution is 2.32. The molecule has 1 aliphatic rings. The Hall–Kier alpha value is -2.09. The first-order chi connectivity index (χ1) is 14.3. The van der Waals surface area contributed by atoms with Gasteiger partial charge in [-0.1, -0.05) is 41.9 Å². The van der Waals surface area contributed by atoms with Gasteiger partial charge in [-0.3, -0.25) is 9.69 Å². The van der Waals surface area contributed by atoms with Gasteiger partial charge in [-0.05, 0) is 42.7 Å². The number of likely N-dealkylation sites (tertiary alicyclic amines) is 1. The lowest BCUT2D eigenvalue weighted by Crippen LogP contribution is -2.42. The van der Waals surface area contributed by atoms with Gasteiger partial charge in [-0.15, -0.1) is 0 Å². The third-order valence-electron chi connectivity index (χ3n) is 5.24. The van der Waals surface area contributed by atoms with E-state index in [2.05, 4.69) is 10.6 Å². The summed E-state index contributed by atoms with van der Waals surface area (Å²) in [5.74, 6) is -0.0699. The Balaban J connectivity index is 1.70. The topological polar surface area (TPSA) is 44.4 Å². The van der Waals surface area contributed by atoms with E-state index in [1.807, 2.05) is 30.0 Å². The molecule has 0 aromatic heterocycles. The second kappa shape index (κ2) is 9.81. The predicted molar refractivity (Wildman–Crippen MR) is 111 cm³/mol. The van der Waals surface area contributed by atoms with Gasteiger partial charge in [0.1, 0.15) is 0 Å². The number of carbonyl (C=O) groups is 1. The SMILES string of the molecule is CCNC(=O)[C@@H]1C[C@H](NCc2ccccc2C(F)(F)F)CN1Cc1cccc(Cl)c1. The molecule has 162 valence electrons. The summed E-state index contributed by atoms with van der Waals surface area (Å²) in [5.41, 5.74) is 0.555. The monoisotopic (exact) mass is 439 g/mol. The maximum Gasteiger partial charge on any atom is 0.416 e. The van der Waals surface area contributed by atoms with Gasteiger partial charge < -0.3 is 10.6 Å². The van der Waals surface area contributed by atoms with E-state index >= 15 is 0 Å². The van der Waals surface area contributed by atoms with Crippen LogP contribution >= 0.6 is 11.6 Å². The highest BCUT2D eigenvalue weighted by atomic mass is 35.5. The molecular weight excluding hydrogens is 415 g/mol. The normalized spacial score (nSPS) is 19.8. The first-order valence-corrected chi connectivity index (χ1v) is 10.3. The molecule has 4 nitrogen and oxygen atoms in total. The molecular formula is C22H25ClF3N3O. The van der Waals surface area contributed by atoms with Gasteiger partial charge in [0.2, 0.25) is 5.91 Å². The van der Waals surface area contributed by atoms with Gasteiger partial charge in [0.05, 0.1) is 11.6 Å². The van der Waals surface area contributed by atoms with Gasteiger partial charge in [0, 0.05) is 37.2 Å². The predicted octanol–water partition coefficient (Wildman–Crippen LogP) is 4.23. The van der Waals surface area contributed by atoms with Crippen LogP contribution in [0, 0.1) is 0 Å². The maximum atomic E-state index is 13.2. The molecule has 2 N–H and O–H groups in total. The maximum absolute atomic E-state index is 13.2. The van der Waals surface area contributed by atoms with E-state index < -0.39 is 11.7 Å². The van der Waals surface area contributed by atoms with Crippen LogP contribution < -0.4 is 10.6 Å². The first kappa shape index (κ1) is 22.6. The van der Waals surface area contributed by atoms with E-state index in [4.69, 9.17) is 11.6 Å². The Kier molecular flexibility index (Phi) is 7.39. The minimum absolute atomic E-state index is 0.0699. The van der Waals surface area contributed by atoms with Crippen LogP contribution in [0.5, 0.6) is 0 Å². The van der Waals surface area contributed by atoms with Crippen LogP contribution in [0.2, 0.25) is 5.02 Å². The van der Waals surface area contributed by atoms with E-state index in [0.29, 0.717) is 31.1 Å². The lowest BCUT2D eigenvalue weighted by molar-refractivity contribution is -0.138. The van der Waals surface area contributed by atoms with Crippen LogP contribution in [-0.2, 0) is 24.1 Å². The van der Waals surface area contributed by atoms with Crippen molar-refractivity contribution < 1.29 is 18.0 Å². The minimum Gasteiger partial charge on any atom is -0.355 e. The fourth-order valence-electron chi connectivity index (χ4n) is 3.87. The summed E-state index contributed by atoms with van der Waals surface area (Å²) in [6, 6.07) is 12.6. The van der Waals surface area contributed by atoms with Crippen molar-refractivity contribution in [2.45, 2.75) is 44.7 Å². The highest BCUT2D eigenvalue weighted by molar-refractivity contribution is 6.30. The Morgan fingerprint density at radius 3 is 2.67 bits per heavy atom. The molecule has 0 spiro atoms. The molecule has 2 aromatic rings. The van der Waals surface area contributed by atoms with Crippen molar-refractivity contribution in [3.05, 3.63) is 70.2 Å². The number of amides is 1. The van der Waals surface area contributed by atoms with E-state index in [1.54, 1.807) is 12.1 Å². The smallest absolute Gasteiger partial charge is 0.355 e. The molecule has 0 unspecified atom stereocenters. The van der Waals surface area contributed by atoms with Crippen LogP contribution in [-0.4, -0.2) is 36.0 Å². The number of nitrogens with zero attached hydrogens (tertiary/aromatic N) is 1. The van der Waals surface area contributed by atoms with E-state index in [-0.39, 0.29) is 30.1 Å². The molecule has 1 heterocycles. The molecule has 3 rings (SSSR count). The van der Waals surface area contributed by atoms with Gasteiger partial charge in [0.25, 0.3) is 0 Å². The summed E-state index contributed by atoms with van der Waals surface area (Å²) in [6.45, 7) is 3.57. The quantitative estimate of drug-likeness (QED) is 0.678. The molecule has 1 amide bonds. The fourth-order valence-corrected chi connectivity index (χ4v) is 4.08. The molecule has 0 aliphatic carbocycles. The molecule has 1 aliphatic heterocycles. The Bertz CT molecular complexity index is 875. The van der Waals surface area contributed by atoms with Crippen LogP contribution in [0.15, 0.2) is 48.5 Å². The number of halogens is 4. The number of benzene rings is 2. The summed E-state index contributed by atoms with van der Waals surface area (Å²) >= 11 is 6.07. The number of hydrogen-bond donors (Lipinski definition) is 2. The molecule has 0 saturated carbocycles. The molecule has 2 aromatic carbocycles. The van der Waals surface area contributed by atoms with Gasteiger partial charge in [-0.25, -0.2) is 0 Å².